The molecule has 0 atom stereocenters. The molecule has 0 saturated heterocycles. The van der Waals surface area contributed by atoms with Crippen LogP contribution >= 0.6 is 11.3 Å². The Balaban J connectivity index is 1.16. The van der Waals surface area contributed by atoms with Crippen LogP contribution in [0, 0.1) is 0 Å². The second-order valence-electron chi connectivity index (χ2n) is 13.6. The van der Waals surface area contributed by atoms with Crippen LogP contribution in [0.15, 0.2) is 192 Å². The average Bonchev–Trinajstić information content (AvgIpc) is 3.81. The fourth-order valence-electron chi connectivity index (χ4n) is 8.24. The van der Waals surface area contributed by atoms with E-state index in [-0.39, 0.29) is 0 Å². The van der Waals surface area contributed by atoms with Crippen molar-refractivity contribution in [2.45, 2.75) is 0 Å². The van der Waals surface area contributed by atoms with Crippen molar-refractivity contribution in [3.05, 3.63) is 188 Å². The van der Waals surface area contributed by atoms with E-state index in [2.05, 4.69) is 193 Å². The number of nitrogens with zero attached hydrogens (tertiary/aromatic N) is 1. The Kier molecular flexibility index (Phi) is 6.76. The van der Waals surface area contributed by atoms with Crippen LogP contribution in [0.4, 0.5) is 17.1 Å². The summed E-state index contributed by atoms with van der Waals surface area (Å²) in [6.07, 6.45) is 0. The van der Waals surface area contributed by atoms with Crippen LogP contribution in [0.25, 0.3) is 85.9 Å². The lowest BCUT2D eigenvalue weighted by atomic mass is 9.95. The lowest BCUT2D eigenvalue weighted by molar-refractivity contribution is 0.674. The Morgan fingerprint density at radius 2 is 0.943 bits per heavy atom. The molecule has 0 spiro atoms. The van der Waals surface area contributed by atoms with Crippen molar-refractivity contribution in [1.29, 1.82) is 0 Å². The number of fused-ring (bicyclic) bond motifs is 11. The first-order valence-electron chi connectivity index (χ1n) is 18.0. The summed E-state index contributed by atoms with van der Waals surface area (Å²) in [5.74, 6) is 0. The number of hydrogen-bond donors (Lipinski definition) is 0. The van der Waals surface area contributed by atoms with Gasteiger partial charge in [0.25, 0.3) is 0 Å². The van der Waals surface area contributed by atoms with Gasteiger partial charge in [0.1, 0.15) is 11.2 Å². The van der Waals surface area contributed by atoms with Crippen molar-refractivity contribution >= 4 is 92.1 Å². The summed E-state index contributed by atoms with van der Waals surface area (Å²) in [6.45, 7) is 0. The molecule has 11 aromatic rings. The normalized spacial score (nSPS) is 11.8. The SMILES string of the molecule is c1ccc(-c2cc(N(c3ccccc3)c3ccc(-c4cccc5c4sc4ccccc45)cc3)cc3c2oc2c4ccccc4c4ccccc4c32)cc1. The molecule has 3 heteroatoms. The largest absolute Gasteiger partial charge is 0.455 e. The Labute approximate surface area is 310 Å². The van der Waals surface area contributed by atoms with Gasteiger partial charge in [-0.25, -0.2) is 0 Å². The van der Waals surface area contributed by atoms with Crippen LogP contribution in [-0.4, -0.2) is 0 Å². The summed E-state index contributed by atoms with van der Waals surface area (Å²) >= 11 is 1.87. The maximum absolute atomic E-state index is 7.01. The molecule has 2 aromatic heterocycles. The van der Waals surface area contributed by atoms with Crippen LogP contribution in [0.1, 0.15) is 0 Å². The summed E-state index contributed by atoms with van der Waals surface area (Å²) in [7, 11) is 0. The van der Waals surface area contributed by atoms with Crippen LogP contribution in [0.2, 0.25) is 0 Å². The zero-order chi connectivity index (χ0) is 34.9. The Morgan fingerprint density at radius 3 is 1.72 bits per heavy atom. The molecule has 53 heavy (non-hydrogen) atoms. The third-order valence-electron chi connectivity index (χ3n) is 10.6. The van der Waals surface area contributed by atoms with Crippen molar-refractivity contribution in [2.75, 3.05) is 4.90 Å². The molecule has 9 aromatic carbocycles. The van der Waals surface area contributed by atoms with Gasteiger partial charge in [0.15, 0.2) is 0 Å². The molecule has 0 aliphatic heterocycles. The highest BCUT2D eigenvalue weighted by molar-refractivity contribution is 7.26. The molecule has 0 aliphatic rings. The molecule has 0 radical (unpaired) electrons. The van der Waals surface area contributed by atoms with Gasteiger partial charge in [-0.2, -0.15) is 0 Å². The van der Waals surface area contributed by atoms with Crippen LogP contribution in [-0.2, 0) is 0 Å². The van der Waals surface area contributed by atoms with Crippen LogP contribution in [0.3, 0.4) is 0 Å². The van der Waals surface area contributed by atoms with Gasteiger partial charge in [-0.05, 0) is 75.3 Å². The zero-order valence-electron chi connectivity index (χ0n) is 28.7. The zero-order valence-corrected chi connectivity index (χ0v) is 29.5. The van der Waals surface area contributed by atoms with E-state index in [1.165, 1.54) is 47.5 Å². The van der Waals surface area contributed by atoms with Gasteiger partial charge in [-0.3, -0.25) is 0 Å². The summed E-state index contributed by atoms with van der Waals surface area (Å²) in [4.78, 5) is 2.37. The summed E-state index contributed by atoms with van der Waals surface area (Å²) in [6, 6.07) is 67.7. The molecule has 11 rings (SSSR count). The van der Waals surface area contributed by atoms with E-state index in [1.807, 2.05) is 11.3 Å². The molecule has 248 valence electrons. The van der Waals surface area contributed by atoms with Gasteiger partial charge < -0.3 is 9.32 Å². The Morgan fingerprint density at radius 1 is 0.358 bits per heavy atom. The summed E-state index contributed by atoms with van der Waals surface area (Å²) < 4.78 is 9.65. The highest BCUT2D eigenvalue weighted by atomic mass is 32.1. The molecular weight excluding hydrogens is 663 g/mol. The van der Waals surface area contributed by atoms with Crippen molar-refractivity contribution < 1.29 is 4.42 Å². The van der Waals surface area contributed by atoms with E-state index in [4.69, 9.17) is 4.42 Å². The van der Waals surface area contributed by atoms with Gasteiger partial charge in [-0.1, -0.05) is 146 Å². The van der Waals surface area contributed by atoms with Gasteiger partial charge in [0.05, 0.1) is 0 Å². The molecule has 2 heterocycles. The predicted molar refractivity (Wildman–Crippen MR) is 227 cm³/mol. The lowest BCUT2D eigenvalue weighted by Crippen LogP contribution is -2.10. The van der Waals surface area contributed by atoms with E-state index >= 15 is 0 Å². The average molecular weight is 694 g/mol. The predicted octanol–water partition coefficient (Wildman–Crippen LogP) is 15.1. The quantitative estimate of drug-likeness (QED) is 0.167. The lowest BCUT2D eigenvalue weighted by Gasteiger charge is -2.26. The van der Waals surface area contributed by atoms with Crippen LogP contribution in [0.5, 0.6) is 0 Å². The number of furan rings is 1. The standard InChI is InChI=1S/C50H31NOS/c1-3-14-32(15-4-1)44-30-36(31-45-47-41-21-9-7-18-38(41)39-19-8-10-22-42(39)49(47)52-48(44)45)51(34-16-5-2-6-17-34)35-28-26-33(27-29-35)37-23-13-24-43-40-20-11-12-25-46(40)53-50(37)43/h1-31H. The third kappa shape index (κ3) is 4.71. The molecule has 0 unspecified atom stereocenters. The second kappa shape index (κ2) is 11.9. The molecule has 0 bridgehead atoms. The minimum Gasteiger partial charge on any atom is -0.455 e. The summed E-state index contributed by atoms with van der Waals surface area (Å²) in [5, 5.41) is 9.64. The molecule has 0 aliphatic carbocycles. The van der Waals surface area contributed by atoms with E-state index in [0.717, 1.165) is 55.5 Å². The number of para-hydroxylation sites is 1. The minimum absolute atomic E-state index is 0.899. The maximum Gasteiger partial charge on any atom is 0.143 e. The summed E-state index contributed by atoms with van der Waals surface area (Å²) in [5.41, 5.74) is 9.73. The van der Waals surface area contributed by atoms with Crippen LogP contribution < -0.4 is 4.90 Å². The van der Waals surface area contributed by atoms with E-state index < -0.39 is 0 Å². The van der Waals surface area contributed by atoms with Gasteiger partial charge in [-0.15, -0.1) is 11.3 Å². The van der Waals surface area contributed by atoms with E-state index in [9.17, 15) is 0 Å². The smallest absolute Gasteiger partial charge is 0.143 e. The van der Waals surface area contributed by atoms with Crippen molar-refractivity contribution in [1.82, 2.24) is 0 Å². The Bertz CT molecular complexity index is 3160. The highest BCUT2D eigenvalue weighted by Crippen LogP contribution is 2.47. The molecule has 0 saturated carbocycles. The minimum atomic E-state index is 0.899. The first-order chi connectivity index (χ1) is 26.3. The first kappa shape index (κ1) is 30.0. The monoisotopic (exact) mass is 693 g/mol. The van der Waals surface area contributed by atoms with Gasteiger partial charge >= 0.3 is 0 Å². The number of anilines is 3. The molecule has 0 N–H and O–H groups in total. The van der Waals surface area contributed by atoms with E-state index in [1.54, 1.807) is 0 Å². The van der Waals surface area contributed by atoms with Crippen molar-refractivity contribution in [3.8, 4) is 22.3 Å². The third-order valence-corrected chi connectivity index (χ3v) is 11.9. The first-order valence-corrected chi connectivity index (χ1v) is 18.8. The highest BCUT2D eigenvalue weighted by Gasteiger charge is 2.22. The Hall–Kier alpha value is -6.68. The second-order valence-corrected chi connectivity index (χ2v) is 14.7. The molecule has 0 amide bonds. The van der Waals surface area contributed by atoms with Crippen molar-refractivity contribution in [2.24, 2.45) is 0 Å². The molecule has 0 fully saturated rings. The topological polar surface area (TPSA) is 16.4 Å². The van der Waals surface area contributed by atoms with Crippen molar-refractivity contribution in [3.63, 3.8) is 0 Å². The number of benzene rings is 9. The fourth-order valence-corrected chi connectivity index (χ4v) is 9.48. The maximum atomic E-state index is 7.01. The fraction of sp³-hybridized carbons (Fsp3) is 0. The molecule has 2 nitrogen and oxygen atoms in total. The number of hydrogen-bond acceptors (Lipinski definition) is 3. The number of thiophene rings is 1. The van der Waals surface area contributed by atoms with E-state index in [0.29, 0.717) is 0 Å². The van der Waals surface area contributed by atoms with Gasteiger partial charge in [0.2, 0.25) is 0 Å². The molecular formula is C50H31NOS. The van der Waals surface area contributed by atoms with Gasteiger partial charge in [0, 0.05) is 59.0 Å². The number of rotatable bonds is 5.